The number of nitrogens with one attached hydrogen (secondary N) is 1. The van der Waals surface area contributed by atoms with Crippen LogP contribution in [-0.2, 0) is 9.53 Å². The highest BCUT2D eigenvalue weighted by Crippen LogP contribution is 2.16. The number of rotatable bonds is 10. The van der Waals surface area contributed by atoms with Crippen molar-refractivity contribution < 1.29 is 19.4 Å². The van der Waals surface area contributed by atoms with Crippen LogP contribution in [0, 0.1) is 6.92 Å². The van der Waals surface area contributed by atoms with Gasteiger partial charge in [0.25, 0.3) is 0 Å². The molecule has 0 aromatic heterocycles. The topological polar surface area (TPSA) is 67.8 Å². The van der Waals surface area contributed by atoms with Gasteiger partial charge in [0.2, 0.25) is 5.91 Å². The highest BCUT2D eigenvalue weighted by molar-refractivity contribution is 5.76. The second-order valence-electron chi connectivity index (χ2n) is 4.95. The molecule has 0 spiro atoms. The van der Waals surface area contributed by atoms with Gasteiger partial charge < -0.3 is 19.9 Å². The van der Waals surface area contributed by atoms with Gasteiger partial charge in [0.15, 0.2) is 0 Å². The van der Waals surface area contributed by atoms with Crippen molar-refractivity contribution in [1.82, 2.24) is 5.32 Å². The fraction of sp³-hybridized carbons (Fsp3) is 0.562. The quantitative estimate of drug-likeness (QED) is 0.644. The highest BCUT2D eigenvalue weighted by atomic mass is 16.5. The molecule has 2 N–H and O–H groups in total. The lowest BCUT2D eigenvalue weighted by molar-refractivity contribution is -0.122. The number of aliphatic hydroxyl groups is 1. The zero-order valence-corrected chi connectivity index (χ0v) is 12.8. The summed E-state index contributed by atoms with van der Waals surface area (Å²) in [4.78, 5) is 11.8. The van der Waals surface area contributed by atoms with Crippen LogP contribution < -0.4 is 10.1 Å². The maximum atomic E-state index is 11.8. The van der Waals surface area contributed by atoms with E-state index in [9.17, 15) is 4.79 Å². The van der Waals surface area contributed by atoms with Crippen molar-refractivity contribution in [3.05, 3.63) is 29.8 Å². The van der Waals surface area contributed by atoms with Crippen LogP contribution in [0.4, 0.5) is 0 Å². The van der Waals surface area contributed by atoms with E-state index in [1.54, 1.807) is 7.11 Å². The van der Waals surface area contributed by atoms with E-state index in [2.05, 4.69) is 5.32 Å². The number of para-hydroxylation sites is 1. The summed E-state index contributed by atoms with van der Waals surface area (Å²) in [7, 11) is 1.58. The molecule has 0 aliphatic rings. The largest absolute Gasteiger partial charge is 0.493 e. The number of carbonyl (C=O) groups excluding carboxylic acids is 1. The van der Waals surface area contributed by atoms with Crippen molar-refractivity contribution in [3.63, 3.8) is 0 Å². The lowest BCUT2D eigenvalue weighted by Gasteiger charge is -2.16. The molecular weight excluding hydrogens is 270 g/mol. The van der Waals surface area contributed by atoms with E-state index in [1.807, 2.05) is 31.2 Å². The Balaban J connectivity index is 2.22. The van der Waals surface area contributed by atoms with Crippen LogP contribution in [0.2, 0.25) is 0 Å². The van der Waals surface area contributed by atoms with Gasteiger partial charge in [0, 0.05) is 20.1 Å². The predicted octanol–water partition coefficient (Wildman–Crippen LogP) is 1.67. The van der Waals surface area contributed by atoms with E-state index in [-0.39, 0.29) is 18.6 Å². The summed E-state index contributed by atoms with van der Waals surface area (Å²) in [5.41, 5.74) is 1.09. The number of methoxy groups -OCH3 is 1. The lowest BCUT2D eigenvalue weighted by atomic mass is 10.2. The molecule has 0 fully saturated rings. The monoisotopic (exact) mass is 295 g/mol. The van der Waals surface area contributed by atoms with Gasteiger partial charge >= 0.3 is 0 Å². The molecule has 5 heteroatoms. The first-order valence-electron chi connectivity index (χ1n) is 7.25. The maximum Gasteiger partial charge on any atom is 0.220 e. The zero-order valence-electron chi connectivity index (χ0n) is 12.8. The van der Waals surface area contributed by atoms with Crippen molar-refractivity contribution >= 4 is 5.91 Å². The Morgan fingerprint density at radius 1 is 1.38 bits per heavy atom. The Bertz CT molecular complexity index is 416. The minimum atomic E-state index is -0.134. The van der Waals surface area contributed by atoms with Gasteiger partial charge in [-0.2, -0.15) is 0 Å². The maximum absolute atomic E-state index is 11.8. The summed E-state index contributed by atoms with van der Waals surface area (Å²) >= 11 is 0. The molecule has 21 heavy (non-hydrogen) atoms. The van der Waals surface area contributed by atoms with Gasteiger partial charge in [-0.3, -0.25) is 4.79 Å². The van der Waals surface area contributed by atoms with Crippen molar-refractivity contribution in [3.8, 4) is 5.75 Å². The third-order valence-electron chi connectivity index (χ3n) is 3.11. The van der Waals surface area contributed by atoms with Crippen molar-refractivity contribution in [2.45, 2.75) is 32.2 Å². The molecule has 1 atom stereocenters. The average Bonchev–Trinajstić information content (AvgIpc) is 2.46. The third kappa shape index (κ3) is 7.11. The number of aryl methyl sites for hydroxylation is 1. The number of benzene rings is 1. The molecule has 5 nitrogen and oxygen atoms in total. The second kappa shape index (κ2) is 10.2. The molecule has 1 amide bonds. The molecule has 1 aromatic rings. The van der Waals surface area contributed by atoms with E-state index in [1.165, 1.54) is 0 Å². The Labute approximate surface area is 126 Å². The van der Waals surface area contributed by atoms with E-state index in [0.29, 0.717) is 32.5 Å². The van der Waals surface area contributed by atoms with E-state index < -0.39 is 0 Å². The van der Waals surface area contributed by atoms with E-state index >= 15 is 0 Å². The van der Waals surface area contributed by atoms with E-state index in [0.717, 1.165) is 11.3 Å². The molecule has 0 bridgehead atoms. The van der Waals surface area contributed by atoms with Crippen molar-refractivity contribution in [2.24, 2.45) is 0 Å². The zero-order chi connectivity index (χ0) is 15.5. The minimum absolute atomic E-state index is 0.0324. The van der Waals surface area contributed by atoms with Gasteiger partial charge in [0.1, 0.15) is 5.75 Å². The summed E-state index contributed by atoms with van der Waals surface area (Å²) in [5, 5.41) is 11.8. The Morgan fingerprint density at radius 2 is 2.14 bits per heavy atom. The highest BCUT2D eigenvalue weighted by Gasteiger charge is 2.11. The van der Waals surface area contributed by atoms with Gasteiger partial charge in [-0.1, -0.05) is 18.2 Å². The van der Waals surface area contributed by atoms with Crippen LogP contribution in [0.3, 0.4) is 0 Å². The first kappa shape index (κ1) is 17.5. The minimum Gasteiger partial charge on any atom is -0.493 e. The van der Waals surface area contributed by atoms with Gasteiger partial charge in [-0.05, 0) is 31.4 Å². The predicted molar refractivity (Wildman–Crippen MR) is 81.4 cm³/mol. The van der Waals surface area contributed by atoms with Crippen LogP contribution in [0.15, 0.2) is 24.3 Å². The average molecular weight is 295 g/mol. The smallest absolute Gasteiger partial charge is 0.220 e. The Kier molecular flexibility index (Phi) is 8.47. The third-order valence-corrected chi connectivity index (χ3v) is 3.11. The molecular formula is C16H25NO4. The van der Waals surface area contributed by atoms with Crippen molar-refractivity contribution in [1.29, 1.82) is 0 Å². The number of ether oxygens (including phenoxy) is 2. The van der Waals surface area contributed by atoms with Crippen LogP contribution in [-0.4, -0.2) is 44.0 Å². The first-order chi connectivity index (χ1) is 10.2. The summed E-state index contributed by atoms with van der Waals surface area (Å²) in [6.45, 7) is 2.94. The fourth-order valence-electron chi connectivity index (χ4n) is 1.99. The number of hydrogen-bond donors (Lipinski definition) is 2. The summed E-state index contributed by atoms with van der Waals surface area (Å²) in [6, 6.07) is 7.67. The summed E-state index contributed by atoms with van der Waals surface area (Å²) in [5.74, 6) is 0.814. The Morgan fingerprint density at radius 3 is 2.81 bits per heavy atom. The normalized spacial score (nSPS) is 12.0. The van der Waals surface area contributed by atoms with E-state index in [4.69, 9.17) is 14.6 Å². The number of aliphatic hydroxyl groups excluding tert-OH is 1. The second-order valence-corrected chi connectivity index (χ2v) is 4.95. The fourth-order valence-corrected chi connectivity index (χ4v) is 1.99. The molecule has 0 aliphatic heterocycles. The number of amides is 1. The van der Waals surface area contributed by atoms with Crippen LogP contribution in [0.1, 0.15) is 24.8 Å². The number of hydrogen-bond acceptors (Lipinski definition) is 4. The molecule has 118 valence electrons. The molecule has 1 unspecified atom stereocenters. The number of carbonyl (C=O) groups is 1. The van der Waals surface area contributed by atoms with Gasteiger partial charge in [-0.15, -0.1) is 0 Å². The molecule has 0 heterocycles. The molecule has 0 aliphatic carbocycles. The lowest BCUT2D eigenvalue weighted by Crippen LogP contribution is -2.38. The summed E-state index contributed by atoms with van der Waals surface area (Å²) < 4.78 is 10.6. The van der Waals surface area contributed by atoms with Crippen LogP contribution >= 0.6 is 0 Å². The first-order valence-corrected chi connectivity index (χ1v) is 7.25. The van der Waals surface area contributed by atoms with Crippen LogP contribution in [0.5, 0.6) is 5.75 Å². The molecule has 0 saturated heterocycles. The summed E-state index contributed by atoms with van der Waals surface area (Å²) in [6.07, 6.45) is 1.55. The molecule has 0 radical (unpaired) electrons. The van der Waals surface area contributed by atoms with Gasteiger partial charge in [-0.25, -0.2) is 0 Å². The SMILES string of the molecule is COCC(CCO)NC(=O)CCCOc1ccccc1C. The van der Waals surface area contributed by atoms with Crippen LogP contribution in [0.25, 0.3) is 0 Å². The molecule has 0 saturated carbocycles. The Hall–Kier alpha value is -1.59. The standard InChI is InChI=1S/C16H25NO4/c1-13-6-3-4-7-15(13)21-11-5-8-16(19)17-14(9-10-18)12-20-2/h3-4,6-7,14,18H,5,8-12H2,1-2H3,(H,17,19). The molecule has 1 aromatic carbocycles. The van der Waals surface area contributed by atoms with Crippen molar-refractivity contribution in [2.75, 3.05) is 26.9 Å². The molecule has 1 rings (SSSR count). The van der Waals surface area contributed by atoms with Gasteiger partial charge in [0.05, 0.1) is 19.3 Å².